The lowest BCUT2D eigenvalue weighted by molar-refractivity contribution is 0.620. The molecule has 0 fully saturated rings. The van der Waals surface area contributed by atoms with Gasteiger partial charge in [0.05, 0.1) is 11.2 Å². The summed E-state index contributed by atoms with van der Waals surface area (Å²) in [4.78, 5) is 14.6. The summed E-state index contributed by atoms with van der Waals surface area (Å²) in [7, 11) is 0. The summed E-state index contributed by atoms with van der Waals surface area (Å²) in [6, 6.07) is 47.7. The summed E-state index contributed by atoms with van der Waals surface area (Å²) in [5.41, 5.74) is 8.70. The van der Waals surface area contributed by atoms with Crippen molar-refractivity contribution in [3.63, 3.8) is 0 Å². The highest BCUT2D eigenvalue weighted by atomic mass is 16.3. The molecular formula is C37H23N3O. The maximum absolute atomic E-state index is 5.97. The quantitative estimate of drug-likeness (QED) is 0.230. The molecule has 0 bridgehead atoms. The monoisotopic (exact) mass is 525 g/mol. The SMILES string of the molecule is c1ccc2cc(-c3ccc(-c4nc(-c5ccc(-c6nc7ccccc7o6)cc5)c5ccccc5n4)cc3)ccc2c1. The number of hydrogen-bond acceptors (Lipinski definition) is 4. The molecule has 2 heterocycles. The van der Waals surface area contributed by atoms with Crippen LogP contribution in [0.1, 0.15) is 0 Å². The number of hydrogen-bond donors (Lipinski definition) is 0. The van der Waals surface area contributed by atoms with Crippen molar-refractivity contribution < 1.29 is 4.42 Å². The van der Waals surface area contributed by atoms with E-state index >= 15 is 0 Å². The Bertz CT molecular complexity index is 2160. The van der Waals surface area contributed by atoms with Crippen LogP contribution >= 0.6 is 0 Å². The molecule has 0 saturated carbocycles. The van der Waals surface area contributed by atoms with Crippen LogP contribution < -0.4 is 0 Å². The number of aromatic nitrogens is 3. The van der Waals surface area contributed by atoms with Crippen molar-refractivity contribution in [1.29, 1.82) is 0 Å². The van der Waals surface area contributed by atoms with Crippen molar-refractivity contribution in [2.75, 3.05) is 0 Å². The highest BCUT2D eigenvalue weighted by Gasteiger charge is 2.13. The van der Waals surface area contributed by atoms with E-state index in [1.807, 2.05) is 54.6 Å². The van der Waals surface area contributed by atoms with Crippen LogP contribution in [0.25, 0.3) is 78.0 Å². The minimum Gasteiger partial charge on any atom is -0.436 e. The molecule has 0 aliphatic carbocycles. The standard InChI is InChI=1S/C37H23N3O/c1-2-8-29-23-30(22-15-24(29)7-1)25-13-18-27(19-14-25)36-38-32-10-4-3-9-31(32)35(40-36)26-16-20-28(21-17-26)37-39-33-11-5-6-12-34(33)41-37/h1-23H. The van der Waals surface area contributed by atoms with Gasteiger partial charge in [-0.2, -0.15) is 0 Å². The number of oxazole rings is 1. The number of fused-ring (bicyclic) bond motifs is 3. The molecule has 0 spiro atoms. The number of nitrogens with zero attached hydrogens (tertiary/aromatic N) is 3. The van der Waals surface area contributed by atoms with Gasteiger partial charge in [-0.3, -0.25) is 0 Å². The van der Waals surface area contributed by atoms with Crippen LogP contribution in [0.2, 0.25) is 0 Å². The predicted octanol–water partition coefficient (Wildman–Crippen LogP) is 9.59. The highest BCUT2D eigenvalue weighted by molar-refractivity contribution is 5.94. The highest BCUT2D eigenvalue weighted by Crippen LogP contribution is 2.32. The average Bonchev–Trinajstić information content (AvgIpc) is 3.49. The van der Waals surface area contributed by atoms with E-state index in [0.29, 0.717) is 11.7 Å². The first-order valence-electron chi connectivity index (χ1n) is 13.6. The topological polar surface area (TPSA) is 51.8 Å². The van der Waals surface area contributed by atoms with Crippen molar-refractivity contribution in [3.8, 4) is 45.2 Å². The second-order valence-electron chi connectivity index (χ2n) is 10.1. The van der Waals surface area contributed by atoms with Crippen LogP contribution in [0.15, 0.2) is 144 Å². The summed E-state index contributed by atoms with van der Waals surface area (Å²) in [5, 5.41) is 3.49. The fraction of sp³-hybridized carbons (Fsp3) is 0. The third-order valence-corrected chi connectivity index (χ3v) is 7.53. The van der Waals surface area contributed by atoms with Crippen LogP contribution in [-0.4, -0.2) is 15.0 Å². The van der Waals surface area contributed by atoms with Gasteiger partial charge in [0.1, 0.15) is 5.52 Å². The lowest BCUT2D eigenvalue weighted by Gasteiger charge is -2.10. The molecule has 2 aromatic heterocycles. The minimum atomic E-state index is 0.609. The second-order valence-corrected chi connectivity index (χ2v) is 10.1. The molecule has 0 saturated heterocycles. The number of para-hydroxylation sites is 3. The van der Waals surface area contributed by atoms with Gasteiger partial charge in [-0.05, 0) is 58.3 Å². The first-order valence-corrected chi connectivity index (χ1v) is 13.6. The van der Waals surface area contributed by atoms with Gasteiger partial charge in [0, 0.05) is 22.1 Å². The van der Waals surface area contributed by atoms with E-state index in [0.717, 1.165) is 50.0 Å². The normalized spacial score (nSPS) is 11.4. The van der Waals surface area contributed by atoms with Crippen LogP contribution in [0.5, 0.6) is 0 Å². The molecule has 0 aliphatic heterocycles. The van der Waals surface area contributed by atoms with Crippen LogP contribution in [0.4, 0.5) is 0 Å². The van der Waals surface area contributed by atoms with Gasteiger partial charge < -0.3 is 4.42 Å². The van der Waals surface area contributed by atoms with Gasteiger partial charge in [0.2, 0.25) is 5.89 Å². The molecule has 0 amide bonds. The molecule has 192 valence electrons. The van der Waals surface area contributed by atoms with Crippen molar-refractivity contribution in [3.05, 3.63) is 140 Å². The third-order valence-electron chi connectivity index (χ3n) is 7.53. The number of benzene rings is 6. The molecule has 8 aromatic rings. The van der Waals surface area contributed by atoms with Crippen molar-refractivity contribution in [2.24, 2.45) is 0 Å². The molecule has 8 rings (SSSR count). The zero-order valence-electron chi connectivity index (χ0n) is 22.0. The Hall–Kier alpha value is -5.61. The third kappa shape index (κ3) is 4.23. The smallest absolute Gasteiger partial charge is 0.227 e. The molecule has 4 nitrogen and oxygen atoms in total. The summed E-state index contributed by atoms with van der Waals surface area (Å²) < 4.78 is 5.97. The van der Waals surface area contributed by atoms with E-state index in [1.54, 1.807) is 0 Å². The molecule has 41 heavy (non-hydrogen) atoms. The van der Waals surface area contributed by atoms with E-state index in [-0.39, 0.29) is 0 Å². The zero-order valence-corrected chi connectivity index (χ0v) is 22.0. The fourth-order valence-electron chi connectivity index (χ4n) is 5.37. The Labute approximate surface area is 236 Å². The molecular weight excluding hydrogens is 502 g/mol. The Morgan fingerprint density at radius 1 is 0.415 bits per heavy atom. The summed E-state index contributed by atoms with van der Waals surface area (Å²) in [5.74, 6) is 1.31. The molecule has 0 radical (unpaired) electrons. The van der Waals surface area contributed by atoms with Crippen molar-refractivity contribution in [2.45, 2.75) is 0 Å². The van der Waals surface area contributed by atoms with Crippen LogP contribution in [0.3, 0.4) is 0 Å². The summed E-state index contributed by atoms with van der Waals surface area (Å²) in [6.07, 6.45) is 0. The Morgan fingerprint density at radius 2 is 1.05 bits per heavy atom. The molecule has 0 atom stereocenters. The van der Waals surface area contributed by atoms with Crippen molar-refractivity contribution in [1.82, 2.24) is 15.0 Å². The summed E-state index contributed by atoms with van der Waals surface area (Å²) >= 11 is 0. The minimum absolute atomic E-state index is 0.609. The molecule has 4 heteroatoms. The zero-order chi connectivity index (χ0) is 27.2. The first kappa shape index (κ1) is 23.3. The van der Waals surface area contributed by atoms with E-state index in [1.165, 1.54) is 16.3 Å². The average molecular weight is 526 g/mol. The van der Waals surface area contributed by atoms with Gasteiger partial charge in [0.15, 0.2) is 11.4 Å². The fourth-order valence-corrected chi connectivity index (χ4v) is 5.37. The maximum Gasteiger partial charge on any atom is 0.227 e. The van der Waals surface area contributed by atoms with Gasteiger partial charge in [0.25, 0.3) is 0 Å². The van der Waals surface area contributed by atoms with Gasteiger partial charge in [-0.1, -0.05) is 103 Å². The van der Waals surface area contributed by atoms with Crippen LogP contribution in [0, 0.1) is 0 Å². The first-order chi connectivity index (χ1) is 20.3. The maximum atomic E-state index is 5.97. The largest absolute Gasteiger partial charge is 0.436 e. The van der Waals surface area contributed by atoms with Crippen LogP contribution in [-0.2, 0) is 0 Å². The Balaban J connectivity index is 1.16. The van der Waals surface area contributed by atoms with E-state index in [2.05, 4.69) is 89.9 Å². The van der Waals surface area contributed by atoms with Gasteiger partial charge >= 0.3 is 0 Å². The Morgan fingerprint density at radius 3 is 1.88 bits per heavy atom. The van der Waals surface area contributed by atoms with Gasteiger partial charge in [-0.15, -0.1) is 0 Å². The molecule has 0 N–H and O–H groups in total. The number of rotatable bonds is 4. The lowest BCUT2D eigenvalue weighted by atomic mass is 10.00. The summed E-state index contributed by atoms with van der Waals surface area (Å²) in [6.45, 7) is 0. The molecule has 0 unspecified atom stereocenters. The lowest BCUT2D eigenvalue weighted by Crippen LogP contribution is -1.95. The van der Waals surface area contributed by atoms with E-state index < -0.39 is 0 Å². The van der Waals surface area contributed by atoms with E-state index in [9.17, 15) is 0 Å². The second kappa shape index (κ2) is 9.54. The van der Waals surface area contributed by atoms with Crippen molar-refractivity contribution >= 4 is 32.8 Å². The van der Waals surface area contributed by atoms with Gasteiger partial charge in [-0.25, -0.2) is 15.0 Å². The molecule has 6 aromatic carbocycles. The molecule has 0 aliphatic rings. The Kier molecular flexibility index (Phi) is 5.42. The van der Waals surface area contributed by atoms with E-state index in [4.69, 9.17) is 14.4 Å². The predicted molar refractivity (Wildman–Crippen MR) is 166 cm³/mol.